The van der Waals surface area contributed by atoms with Gasteiger partial charge >= 0.3 is 5.69 Å². The van der Waals surface area contributed by atoms with Crippen molar-refractivity contribution in [3.05, 3.63) is 20.8 Å². The SMILES string of the molecule is CC1CCCN(N=Nc2nc3c([nH]2)c(=O)n(C)c(=O)n3C)C1. The molecule has 1 aliphatic rings. The predicted molar refractivity (Wildman–Crippen MR) is 81.1 cm³/mol. The number of rotatable bonds is 2. The fraction of sp³-hybridized carbons (Fsp3) is 0.615. The number of aryl methyl sites for hydroxylation is 1. The molecular formula is C13H19N7O2. The topological polar surface area (TPSA) is 101 Å². The van der Waals surface area contributed by atoms with E-state index in [-0.39, 0.29) is 17.1 Å². The lowest BCUT2D eigenvalue weighted by molar-refractivity contribution is 0.179. The summed E-state index contributed by atoms with van der Waals surface area (Å²) < 4.78 is 2.35. The average Bonchev–Trinajstić information content (AvgIpc) is 2.93. The first-order chi connectivity index (χ1) is 10.5. The molecule has 9 heteroatoms. The van der Waals surface area contributed by atoms with Crippen LogP contribution < -0.4 is 11.2 Å². The largest absolute Gasteiger partial charge is 0.332 e. The molecule has 1 aliphatic heterocycles. The molecule has 0 radical (unpaired) electrons. The smallest absolute Gasteiger partial charge is 0.315 e. The maximum Gasteiger partial charge on any atom is 0.332 e. The Bertz CT molecular complexity index is 844. The van der Waals surface area contributed by atoms with E-state index in [1.54, 1.807) is 7.05 Å². The molecule has 1 fully saturated rings. The van der Waals surface area contributed by atoms with E-state index in [0.29, 0.717) is 5.92 Å². The van der Waals surface area contributed by atoms with Gasteiger partial charge in [0.25, 0.3) is 11.5 Å². The highest BCUT2D eigenvalue weighted by Gasteiger charge is 2.16. The first kappa shape index (κ1) is 14.5. The molecule has 0 saturated carbocycles. The minimum atomic E-state index is -0.419. The molecule has 9 nitrogen and oxygen atoms in total. The first-order valence-corrected chi connectivity index (χ1v) is 7.29. The lowest BCUT2D eigenvalue weighted by atomic mass is 10.0. The molecule has 0 amide bonds. The standard InChI is InChI=1S/C13H19N7O2/c1-8-5-4-6-20(7-8)17-16-12-14-9-10(15-12)18(2)13(22)19(3)11(9)21/h8H,4-7H2,1-3H3,(H,14,15). The monoisotopic (exact) mass is 305 g/mol. The number of piperidine rings is 1. The van der Waals surface area contributed by atoms with Gasteiger partial charge in [0.1, 0.15) is 0 Å². The summed E-state index contributed by atoms with van der Waals surface area (Å²) in [5, 5.41) is 10.1. The highest BCUT2D eigenvalue weighted by molar-refractivity contribution is 5.71. The summed E-state index contributed by atoms with van der Waals surface area (Å²) in [7, 11) is 3.00. The number of aromatic nitrogens is 4. The van der Waals surface area contributed by atoms with E-state index < -0.39 is 11.2 Å². The Kier molecular flexibility index (Phi) is 3.55. The van der Waals surface area contributed by atoms with Crippen molar-refractivity contribution in [2.24, 2.45) is 30.4 Å². The molecule has 118 valence electrons. The molecule has 1 atom stereocenters. The van der Waals surface area contributed by atoms with Crippen LogP contribution in [0.3, 0.4) is 0 Å². The van der Waals surface area contributed by atoms with Crippen LogP contribution in [0.2, 0.25) is 0 Å². The van der Waals surface area contributed by atoms with Gasteiger partial charge in [0.15, 0.2) is 11.2 Å². The fourth-order valence-corrected chi connectivity index (χ4v) is 2.71. The number of H-pyrrole nitrogens is 1. The second-order valence-electron chi connectivity index (χ2n) is 5.81. The molecule has 3 rings (SSSR count). The van der Waals surface area contributed by atoms with Crippen LogP contribution in [0.4, 0.5) is 5.95 Å². The van der Waals surface area contributed by atoms with E-state index in [1.807, 2.05) is 5.01 Å². The molecule has 3 heterocycles. The molecular weight excluding hydrogens is 286 g/mol. The fourth-order valence-electron chi connectivity index (χ4n) is 2.71. The van der Waals surface area contributed by atoms with E-state index >= 15 is 0 Å². The second-order valence-corrected chi connectivity index (χ2v) is 5.81. The molecule has 1 saturated heterocycles. The van der Waals surface area contributed by atoms with Crippen LogP contribution in [0.25, 0.3) is 11.2 Å². The van der Waals surface area contributed by atoms with E-state index in [1.165, 1.54) is 18.0 Å². The lowest BCUT2D eigenvalue weighted by Crippen LogP contribution is -2.36. The number of nitrogens with one attached hydrogen (secondary N) is 1. The van der Waals surface area contributed by atoms with Gasteiger partial charge in [-0.3, -0.25) is 18.9 Å². The van der Waals surface area contributed by atoms with Crippen molar-refractivity contribution >= 4 is 17.1 Å². The predicted octanol–water partition coefficient (Wildman–Crippen LogP) is 0.691. The van der Waals surface area contributed by atoms with Crippen LogP contribution in [0.1, 0.15) is 19.8 Å². The normalized spacial score (nSPS) is 19.4. The summed E-state index contributed by atoms with van der Waals surface area (Å²) in [5.74, 6) is 0.822. The van der Waals surface area contributed by atoms with Crippen LogP contribution in [-0.2, 0) is 14.1 Å². The van der Waals surface area contributed by atoms with Gasteiger partial charge in [0.2, 0.25) is 0 Å². The lowest BCUT2D eigenvalue weighted by Gasteiger charge is -2.26. The van der Waals surface area contributed by atoms with Crippen molar-refractivity contribution in [3.8, 4) is 0 Å². The molecule has 0 bridgehead atoms. The second kappa shape index (κ2) is 5.39. The minimum absolute atomic E-state index is 0.228. The Balaban J connectivity index is 1.96. The van der Waals surface area contributed by atoms with Gasteiger partial charge in [-0.15, -0.1) is 0 Å². The van der Waals surface area contributed by atoms with Crippen molar-refractivity contribution in [2.75, 3.05) is 13.1 Å². The Hall–Kier alpha value is -2.45. The van der Waals surface area contributed by atoms with E-state index in [4.69, 9.17) is 0 Å². The quantitative estimate of drug-likeness (QED) is 0.825. The Labute approximate surface area is 126 Å². The average molecular weight is 305 g/mol. The van der Waals surface area contributed by atoms with Gasteiger partial charge in [-0.05, 0) is 18.8 Å². The minimum Gasteiger partial charge on any atom is -0.315 e. The molecule has 2 aromatic heterocycles. The summed E-state index contributed by atoms with van der Waals surface area (Å²) in [6.45, 7) is 3.92. The molecule has 1 unspecified atom stereocenters. The van der Waals surface area contributed by atoms with E-state index in [9.17, 15) is 9.59 Å². The van der Waals surface area contributed by atoms with Crippen LogP contribution in [0.5, 0.6) is 0 Å². The maximum atomic E-state index is 12.1. The zero-order chi connectivity index (χ0) is 15.9. The molecule has 0 aliphatic carbocycles. The number of fused-ring (bicyclic) bond motifs is 1. The summed E-state index contributed by atoms with van der Waals surface area (Å²) in [6, 6.07) is 0. The van der Waals surface area contributed by atoms with Crippen LogP contribution in [-0.4, -0.2) is 37.2 Å². The summed E-state index contributed by atoms with van der Waals surface area (Å²) >= 11 is 0. The third-order valence-corrected chi connectivity index (χ3v) is 3.98. The zero-order valence-electron chi connectivity index (χ0n) is 12.9. The Morgan fingerprint density at radius 3 is 2.77 bits per heavy atom. The molecule has 0 spiro atoms. The summed E-state index contributed by atoms with van der Waals surface area (Å²) in [4.78, 5) is 30.9. The molecule has 22 heavy (non-hydrogen) atoms. The van der Waals surface area contributed by atoms with Crippen LogP contribution in [0.15, 0.2) is 19.9 Å². The number of aromatic amines is 1. The van der Waals surface area contributed by atoms with Gasteiger partial charge < -0.3 is 4.98 Å². The van der Waals surface area contributed by atoms with Crippen LogP contribution in [0, 0.1) is 5.92 Å². The highest BCUT2D eigenvalue weighted by atomic mass is 16.2. The number of hydrogen-bond acceptors (Lipinski definition) is 5. The summed E-state index contributed by atoms with van der Waals surface area (Å²) in [6.07, 6.45) is 2.30. The zero-order valence-corrected chi connectivity index (χ0v) is 12.9. The van der Waals surface area contributed by atoms with Crippen molar-refractivity contribution in [3.63, 3.8) is 0 Å². The van der Waals surface area contributed by atoms with Crippen molar-refractivity contribution in [2.45, 2.75) is 19.8 Å². The van der Waals surface area contributed by atoms with Crippen molar-refractivity contribution in [1.29, 1.82) is 0 Å². The third-order valence-electron chi connectivity index (χ3n) is 3.98. The van der Waals surface area contributed by atoms with Gasteiger partial charge in [0, 0.05) is 27.2 Å². The van der Waals surface area contributed by atoms with Gasteiger partial charge in [0.05, 0.1) is 0 Å². The van der Waals surface area contributed by atoms with Crippen LogP contribution >= 0.6 is 0 Å². The molecule has 0 aromatic carbocycles. The summed E-state index contributed by atoms with van der Waals surface area (Å²) in [5.41, 5.74) is -0.296. The van der Waals surface area contributed by atoms with Gasteiger partial charge in [-0.25, -0.2) is 4.79 Å². The van der Waals surface area contributed by atoms with Crippen molar-refractivity contribution < 1.29 is 0 Å². The molecule has 2 aromatic rings. The Morgan fingerprint density at radius 1 is 1.27 bits per heavy atom. The first-order valence-electron chi connectivity index (χ1n) is 7.29. The highest BCUT2D eigenvalue weighted by Crippen LogP contribution is 2.17. The van der Waals surface area contributed by atoms with E-state index in [0.717, 1.165) is 24.1 Å². The molecule has 1 N–H and O–H groups in total. The maximum absolute atomic E-state index is 12.1. The number of hydrogen-bond donors (Lipinski definition) is 1. The number of imidazole rings is 1. The van der Waals surface area contributed by atoms with Gasteiger partial charge in [-0.2, -0.15) is 4.98 Å². The third kappa shape index (κ3) is 2.42. The van der Waals surface area contributed by atoms with E-state index in [2.05, 4.69) is 27.2 Å². The van der Waals surface area contributed by atoms with Crippen molar-refractivity contribution in [1.82, 2.24) is 24.1 Å². The Morgan fingerprint density at radius 2 is 2.05 bits per heavy atom. The number of nitrogens with zero attached hydrogens (tertiary/aromatic N) is 6. The van der Waals surface area contributed by atoms with Gasteiger partial charge in [-0.1, -0.05) is 17.3 Å².